The van der Waals surface area contributed by atoms with E-state index in [-0.39, 0.29) is 24.5 Å². The molecule has 1 N–H and O–H groups in total. The molecule has 8 heteroatoms. The summed E-state index contributed by atoms with van der Waals surface area (Å²) in [4.78, 5) is 26.8. The number of halogens is 1. The Morgan fingerprint density at radius 2 is 2.04 bits per heavy atom. The van der Waals surface area contributed by atoms with Crippen molar-refractivity contribution < 1.29 is 23.5 Å². The van der Waals surface area contributed by atoms with E-state index in [9.17, 15) is 9.59 Å². The van der Waals surface area contributed by atoms with Gasteiger partial charge in [0.2, 0.25) is 12.7 Å². The van der Waals surface area contributed by atoms with Gasteiger partial charge in [-0.1, -0.05) is 11.6 Å². The summed E-state index contributed by atoms with van der Waals surface area (Å²) in [5, 5.41) is 3.24. The van der Waals surface area contributed by atoms with E-state index in [2.05, 4.69) is 5.32 Å². The fourth-order valence-corrected chi connectivity index (χ4v) is 3.62. The number of hydrogen-bond donors (Lipinski definition) is 1. The molecule has 1 aromatic carbocycles. The minimum Gasteiger partial charge on any atom is -0.467 e. The molecule has 0 radical (unpaired) electrons. The van der Waals surface area contributed by atoms with Crippen molar-refractivity contribution in [1.82, 2.24) is 10.2 Å². The van der Waals surface area contributed by atoms with Crippen LogP contribution in [0, 0.1) is 5.92 Å². The number of nitrogens with one attached hydrogen (secondary N) is 1. The van der Waals surface area contributed by atoms with E-state index < -0.39 is 0 Å². The normalized spacial score (nSPS) is 16.4. The van der Waals surface area contributed by atoms with Gasteiger partial charge in [-0.2, -0.15) is 0 Å². The van der Waals surface area contributed by atoms with Gasteiger partial charge in [0.25, 0.3) is 5.91 Å². The molecule has 7 nitrogen and oxygen atoms in total. The van der Waals surface area contributed by atoms with Crippen LogP contribution in [0.1, 0.15) is 29.0 Å². The number of likely N-dealkylation sites (tertiary alicyclic amines) is 1. The lowest BCUT2D eigenvalue weighted by atomic mass is 9.95. The van der Waals surface area contributed by atoms with E-state index in [1.807, 2.05) is 6.07 Å². The minimum atomic E-state index is -0.121. The summed E-state index contributed by atoms with van der Waals surface area (Å²) in [6, 6.07) is 6.85. The second kappa shape index (κ2) is 7.52. The SMILES string of the molecule is O=C(NCc1ccco1)C1CCN(C(=O)c2cc(Cl)c3c(c2)OCO3)CC1. The van der Waals surface area contributed by atoms with Crippen molar-refractivity contribution in [2.45, 2.75) is 19.4 Å². The molecule has 2 aliphatic rings. The third-order valence-electron chi connectivity index (χ3n) is 4.84. The second-order valence-electron chi connectivity index (χ2n) is 6.56. The molecule has 0 aliphatic carbocycles. The lowest BCUT2D eigenvalue weighted by molar-refractivity contribution is -0.126. The largest absolute Gasteiger partial charge is 0.467 e. The third kappa shape index (κ3) is 3.73. The standard InChI is InChI=1S/C19H19ClN2O5/c20-15-8-13(9-16-17(15)27-11-26-16)19(24)22-5-3-12(4-6-22)18(23)21-10-14-2-1-7-25-14/h1-2,7-9,12H,3-6,10-11H2,(H,21,23). The summed E-state index contributed by atoms with van der Waals surface area (Å²) < 4.78 is 15.8. The number of nitrogens with zero attached hydrogens (tertiary/aromatic N) is 1. The highest BCUT2D eigenvalue weighted by molar-refractivity contribution is 6.32. The number of ether oxygens (including phenoxy) is 2. The highest BCUT2D eigenvalue weighted by Gasteiger charge is 2.29. The molecule has 142 valence electrons. The third-order valence-corrected chi connectivity index (χ3v) is 5.12. The fourth-order valence-electron chi connectivity index (χ4n) is 3.35. The van der Waals surface area contributed by atoms with Crippen LogP contribution in [0.3, 0.4) is 0 Å². The van der Waals surface area contributed by atoms with Gasteiger partial charge in [0.1, 0.15) is 5.76 Å². The van der Waals surface area contributed by atoms with Crippen LogP contribution in [0.4, 0.5) is 0 Å². The molecular formula is C19H19ClN2O5. The first-order chi connectivity index (χ1) is 13.1. The number of benzene rings is 1. The maximum absolute atomic E-state index is 12.8. The van der Waals surface area contributed by atoms with Gasteiger partial charge in [-0.3, -0.25) is 9.59 Å². The quantitative estimate of drug-likeness (QED) is 0.868. The van der Waals surface area contributed by atoms with Crippen LogP contribution >= 0.6 is 11.6 Å². The highest BCUT2D eigenvalue weighted by atomic mass is 35.5. The Balaban J connectivity index is 1.33. The van der Waals surface area contributed by atoms with E-state index in [1.165, 1.54) is 0 Å². The fraction of sp³-hybridized carbons (Fsp3) is 0.368. The minimum absolute atomic E-state index is 0.00961. The van der Waals surface area contributed by atoms with Crippen molar-refractivity contribution in [3.8, 4) is 11.5 Å². The first-order valence-corrected chi connectivity index (χ1v) is 9.18. The molecule has 3 heterocycles. The van der Waals surface area contributed by atoms with E-state index in [0.29, 0.717) is 54.6 Å². The predicted octanol–water partition coefficient (Wildman–Crippen LogP) is 2.83. The number of carbonyl (C=O) groups is 2. The summed E-state index contributed by atoms with van der Waals surface area (Å²) in [5.41, 5.74) is 0.463. The zero-order valence-electron chi connectivity index (χ0n) is 14.6. The molecule has 0 saturated carbocycles. The van der Waals surface area contributed by atoms with Crippen LogP contribution in [0.15, 0.2) is 34.9 Å². The molecular weight excluding hydrogens is 372 g/mol. The Morgan fingerprint density at radius 3 is 2.78 bits per heavy atom. The molecule has 4 rings (SSSR count). The zero-order valence-corrected chi connectivity index (χ0v) is 15.3. The molecule has 1 aromatic heterocycles. The van der Waals surface area contributed by atoms with Crippen LogP contribution in [0.5, 0.6) is 11.5 Å². The molecule has 2 aliphatic heterocycles. The van der Waals surface area contributed by atoms with Gasteiger partial charge in [-0.05, 0) is 37.1 Å². The predicted molar refractivity (Wildman–Crippen MR) is 96.8 cm³/mol. The van der Waals surface area contributed by atoms with Crippen LogP contribution < -0.4 is 14.8 Å². The van der Waals surface area contributed by atoms with Crippen molar-refractivity contribution in [2.75, 3.05) is 19.9 Å². The summed E-state index contributed by atoms with van der Waals surface area (Å²) in [6.45, 7) is 1.51. The number of rotatable bonds is 4. The van der Waals surface area contributed by atoms with Crippen LogP contribution in [0.25, 0.3) is 0 Å². The Labute approximate surface area is 161 Å². The van der Waals surface area contributed by atoms with E-state index >= 15 is 0 Å². The van der Waals surface area contributed by atoms with Gasteiger partial charge in [0, 0.05) is 24.6 Å². The van der Waals surface area contributed by atoms with Gasteiger partial charge in [-0.15, -0.1) is 0 Å². The molecule has 2 amide bonds. The van der Waals surface area contributed by atoms with E-state index in [4.69, 9.17) is 25.5 Å². The Bertz CT molecular complexity index is 844. The van der Waals surface area contributed by atoms with Crippen molar-refractivity contribution in [1.29, 1.82) is 0 Å². The molecule has 0 atom stereocenters. The van der Waals surface area contributed by atoms with Gasteiger partial charge < -0.3 is 24.1 Å². The summed E-state index contributed by atoms with van der Waals surface area (Å²) >= 11 is 6.16. The van der Waals surface area contributed by atoms with E-state index in [0.717, 1.165) is 5.76 Å². The average molecular weight is 391 g/mol. The monoisotopic (exact) mass is 390 g/mol. The van der Waals surface area contributed by atoms with Gasteiger partial charge in [-0.25, -0.2) is 0 Å². The van der Waals surface area contributed by atoms with Gasteiger partial charge >= 0.3 is 0 Å². The Hall–Kier alpha value is -2.67. The Morgan fingerprint density at radius 1 is 1.22 bits per heavy atom. The number of carbonyl (C=O) groups excluding carboxylic acids is 2. The lowest BCUT2D eigenvalue weighted by Gasteiger charge is -2.31. The van der Waals surface area contributed by atoms with Crippen molar-refractivity contribution in [3.05, 3.63) is 46.9 Å². The maximum Gasteiger partial charge on any atom is 0.254 e. The molecule has 1 saturated heterocycles. The maximum atomic E-state index is 12.8. The number of amides is 2. The number of hydrogen-bond acceptors (Lipinski definition) is 5. The first-order valence-electron chi connectivity index (χ1n) is 8.80. The van der Waals surface area contributed by atoms with Gasteiger partial charge in [0.15, 0.2) is 11.5 Å². The molecule has 0 unspecified atom stereocenters. The van der Waals surface area contributed by atoms with Crippen LogP contribution in [0.2, 0.25) is 5.02 Å². The van der Waals surface area contributed by atoms with Crippen molar-refractivity contribution in [2.24, 2.45) is 5.92 Å². The molecule has 1 fully saturated rings. The Kier molecular flexibility index (Phi) is 4.94. The number of furan rings is 1. The smallest absolute Gasteiger partial charge is 0.254 e. The summed E-state index contributed by atoms with van der Waals surface area (Å²) in [6.07, 6.45) is 2.82. The number of fused-ring (bicyclic) bond motifs is 1. The van der Waals surface area contributed by atoms with Crippen LogP contribution in [-0.2, 0) is 11.3 Å². The zero-order chi connectivity index (χ0) is 18.8. The average Bonchev–Trinajstić information content (AvgIpc) is 3.37. The number of piperidine rings is 1. The first kappa shape index (κ1) is 17.7. The van der Waals surface area contributed by atoms with Crippen molar-refractivity contribution in [3.63, 3.8) is 0 Å². The van der Waals surface area contributed by atoms with E-state index in [1.54, 1.807) is 29.4 Å². The van der Waals surface area contributed by atoms with Crippen molar-refractivity contribution >= 4 is 23.4 Å². The van der Waals surface area contributed by atoms with Crippen LogP contribution in [-0.4, -0.2) is 36.6 Å². The van der Waals surface area contributed by atoms with Gasteiger partial charge in [0.05, 0.1) is 17.8 Å². The lowest BCUT2D eigenvalue weighted by Crippen LogP contribution is -2.42. The molecule has 0 spiro atoms. The summed E-state index contributed by atoms with van der Waals surface area (Å²) in [5.74, 6) is 1.44. The molecule has 2 aromatic rings. The second-order valence-corrected chi connectivity index (χ2v) is 6.96. The topological polar surface area (TPSA) is 81.0 Å². The molecule has 27 heavy (non-hydrogen) atoms. The molecule has 0 bridgehead atoms. The highest BCUT2D eigenvalue weighted by Crippen LogP contribution is 2.40. The summed E-state index contributed by atoms with van der Waals surface area (Å²) in [7, 11) is 0.